The molecule has 0 fully saturated rings. The monoisotopic (exact) mass is 570 g/mol. The number of hydrogen-bond acceptors (Lipinski definition) is 6. The van der Waals surface area contributed by atoms with E-state index in [9.17, 15) is 20.4 Å². The maximum absolute atomic E-state index is 10.1. The zero-order chi connectivity index (χ0) is 29.2. The van der Waals surface area contributed by atoms with Gasteiger partial charge in [-0.15, -0.1) is 23.5 Å². The van der Waals surface area contributed by atoms with Gasteiger partial charge < -0.3 is 20.4 Å². The quantitative estimate of drug-likeness (QED) is 0.146. The van der Waals surface area contributed by atoms with Crippen LogP contribution in [0.5, 0.6) is 23.0 Å². The third kappa shape index (κ3) is 7.22. The molecule has 2 aromatic carbocycles. The Labute approximate surface area is 240 Å². The van der Waals surface area contributed by atoms with Gasteiger partial charge >= 0.3 is 0 Å². The molecule has 0 amide bonds. The van der Waals surface area contributed by atoms with E-state index in [1.54, 1.807) is 35.9 Å². The highest BCUT2D eigenvalue weighted by Crippen LogP contribution is 2.40. The number of thioether (sulfide) groups is 2. The maximum atomic E-state index is 10.1. The molecule has 8 heteroatoms. The molecule has 0 atom stereocenters. The van der Waals surface area contributed by atoms with Crippen LogP contribution in [0.15, 0.2) is 58.6 Å². The molecule has 0 saturated carbocycles. The normalized spacial score (nSPS) is 12.0. The summed E-state index contributed by atoms with van der Waals surface area (Å²) in [5, 5.41) is 41.6. The van der Waals surface area contributed by atoms with Crippen molar-refractivity contribution in [1.82, 2.24) is 0 Å². The van der Waals surface area contributed by atoms with Gasteiger partial charge in [-0.05, 0) is 52.0 Å². The Balaban J connectivity index is 0.000000216. The van der Waals surface area contributed by atoms with Crippen molar-refractivity contribution >= 4 is 45.3 Å². The number of hydrogen-bond donors (Lipinski definition) is 4. The molecule has 6 nitrogen and oxygen atoms in total. The lowest BCUT2D eigenvalue weighted by atomic mass is 10.1. The summed E-state index contributed by atoms with van der Waals surface area (Å²) in [6.45, 7) is 19.0. The maximum Gasteiger partial charge on any atom is 0.230 e. The van der Waals surface area contributed by atoms with Gasteiger partial charge in [0.05, 0.1) is 15.7 Å². The van der Waals surface area contributed by atoms with Gasteiger partial charge in [0.2, 0.25) is 34.9 Å². The Kier molecular flexibility index (Phi) is 9.55. The standard InChI is InChI=1S/C16H21NO2S.C15H19NO2S/c1-10(2)17-9-12(18)15(19)11-7-6-8-13(14(11)17)20-16(3,4)5;1-9(2)16-8-14(17)15(18)12-6-5-11(7-13(12)16)19-10(3)4/h6-10,18H,1-5H3;5-10,17H,1-4H3/p+2. The zero-order valence-corrected chi connectivity index (χ0v) is 26.0. The summed E-state index contributed by atoms with van der Waals surface area (Å²) < 4.78 is 4.07. The number of aromatic nitrogens is 2. The third-order valence-corrected chi connectivity index (χ3v) is 8.08. The molecule has 39 heavy (non-hydrogen) atoms. The van der Waals surface area contributed by atoms with Gasteiger partial charge in [0, 0.05) is 21.0 Å². The van der Waals surface area contributed by atoms with E-state index in [1.165, 1.54) is 4.90 Å². The average molecular weight is 571 g/mol. The molecule has 0 bridgehead atoms. The van der Waals surface area contributed by atoms with Crippen LogP contribution in [-0.4, -0.2) is 30.4 Å². The number of rotatable bonds is 5. The highest BCUT2D eigenvalue weighted by atomic mass is 32.2. The molecule has 0 spiro atoms. The predicted octanol–water partition coefficient (Wildman–Crippen LogP) is 7.63. The van der Waals surface area contributed by atoms with Gasteiger partial charge in [0.25, 0.3) is 0 Å². The first-order chi connectivity index (χ1) is 18.1. The first-order valence-electron chi connectivity index (χ1n) is 13.2. The van der Waals surface area contributed by atoms with Crippen LogP contribution < -0.4 is 9.13 Å². The molecule has 0 saturated heterocycles. The molecule has 4 aromatic rings. The van der Waals surface area contributed by atoms with Crippen molar-refractivity contribution in [2.45, 2.75) is 94.2 Å². The van der Waals surface area contributed by atoms with Crippen molar-refractivity contribution in [3.05, 3.63) is 48.8 Å². The first kappa shape index (κ1) is 30.7. The van der Waals surface area contributed by atoms with E-state index in [1.807, 2.05) is 33.4 Å². The van der Waals surface area contributed by atoms with E-state index in [4.69, 9.17) is 0 Å². The molecule has 0 radical (unpaired) electrons. The Morgan fingerprint density at radius 1 is 0.718 bits per heavy atom. The highest BCUT2D eigenvalue weighted by molar-refractivity contribution is 8.00. The second-order valence-electron chi connectivity index (χ2n) is 11.4. The van der Waals surface area contributed by atoms with Crippen LogP contribution in [0.1, 0.15) is 74.4 Å². The second-order valence-corrected chi connectivity index (χ2v) is 15.0. The van der Waals surface area contributed by atoms with Crippen LogP contribution in [0.4, 0.5) is 0 Å². The number of benzene rings is 2. The SMILES string of the molecule is CC(C)Sc1ccc2c(O)c(O)c[n+](C(C)C)c2c1.CC(C)[n+]1cc(O)c(O)c2cccc(SC(C)(C)C)c21. The summed E-state index contributed by atoms with van der Waals surface area (Å²) in [6, 6.07) is 12.2. The van der Waals surface area contributed by atoms with E-state index in [0.29, 0.717) is 16.0 Å². The van der Waals surface area contributed by atoms with Gasteiger partial charge in [-0.25, -0.2) is 0 Å². The van der Waals surface area contributed by atoms with Crippen LogP contribution in [0.2, 0.25) is 0 Å². The Morgan fingerprint density at radius 2 is 1.28 bits per heavy atom. The molecule has 2 heterocycles. The van der Waals surface area contributed by atoms with Crippen LogP contribution in [-0.2, 0) is 0 Å². The smallest absolute Gasteiger partial charge is 0.230 e. The van der Waals surface area contributed by atoms with Crippen molar-refractivity contribution < 1.29 is 29.6 Å². The molecule has 0 aliphatic rings. The summed E-state index contributed by atoms with van der Waals surface area (Å²) in [6.07, 6.45) is 3.20. The summed E-state index contributed by atoms with van der Waals surface area (Å²) in [7, 11) is 0. The molecule has 0 aliphatic carbocycles. The fraction of sp³-hybridized carbons (Fsp3) is 0.419. The third-order valence-electron chi connectivity index (χ3n) is 5.92. The van der Waals surface area contributed by atoms with E-state index < -0.39 is 0 Å². The molecule has 0 aliphatic heterocycles. The number of nitrogens with zero attached hydrogens (tertiary/aromatic N) is 2. The number of fused-ring (bicyclic) bond motifs is 2. The van der Waals surface area contributed by atoms with Crippen LogP contribution in [0.25, 0.3) is 21.8 Å². The predicted molar refractivity (Wildman–Crippen MR) is 162 cm³/mol. The second kappa shape index (κ2) is 12.1. The molecule has 2 aromatic heterocycles. The molecular weight excluding hydrogens is 528 g/mol. The van der Waals surface area contributed by atoms with E-state index in [-0.39, 0.29) is 39.8 Å². The molecule has 210 valence electrons. The largest absolute Gasteiger partial charge is 0.504 e. The van der Waals surface area contributed by atoms with Crippen molar-refractivity contribution in [2.75, 3.05) is 0 Å². The number of pyridine rings is 2. The van der Waals surface area contributed by atoms with Crippen LogP contribution >= 0.6 is 23.5 Å². The van der Waals surface area contributed by atoms with Gasteiger partial charge in [-0.2, -0.15) is 9.13 Å². The zero-order valence-electron chi connectivity index (χ0n) is 24.4. The van der Waals surface area contributed by atoms with Crippen molar-refractivity contribution in [3.8, 4) is 23.0 Å². The van der Waals surface area contributed by atoms with E-state index in [2.05, 4.69) is 74.4 Å². The number of aromatic hydroxyl groups is 4. The number of para-hydroxylation sites is 1. The highest BCUT2D eigenvalue weighted by Gasteiger charge is 2.25. The topological polar surface area (TPSA) is 88.7 Å². The van der Waals surface area contributed by atoms with Crippen molar-refractivity contribution in [2.24, 2.45) is 0 Å². The Bertz CT molecular complexity index is 1480. The average Bonchev–Trinajstić information content (AvgIpc) is 2.82. The van der Waals surface area contributed by atoms with E-state index >= 15 is 0 Å². The molecular formula is C31H42N2O4S2+2. The lowest BCUT2D eigenvalue weighted by molar-refractivity contribution is -0.692. The lowest BCUT2D eigenvalue weighted by Gasteiger charge is -2.18. The van der Waals surface area contributed by atoms with Gasteiger partial charge in [0.15, 0.2) is 23.6 Å². The summed E-state index contributed by atoms with van der Waals surface area (Å²) in [4.78, 5) is 2.28. The Morgan fingerprint density at radius 3 is 1.82 bits per heavy atom. The molecule has 4 rings (SSSR count). The fourth-order valence-electron chi connectivity index (χ4n) is 4.29. The minimum Gasteiger partial charge on any atom is -0.504 e. The lowest BCUT2D eigenvalue weighted by Crippen LogP contribution is -2.37. The minimum absolute atomic E-state index is 0.0479. The summed E-state index contributed by atoms with van der Waals surface area (Å²) in [5.74, 6) is -0.254. The van der Waals surface area contributed by atoms with Crippen molar-refractivity contribution in [3.63, 3.8) is 0 Å². The van der Waals surface area contributed by atoms with Gasteiger partial charge in [-0.1, -0.05) is 40.7 Å². The van der Waals surface area contributed by atoms with Crippen LogP contribution in [0.3, 0.4) is 0 Å². The molecule has 0 unspecified atom stereocenters. The van der Waals surface area contributed by atoms with E-state index in [0.717, 1.165) is 15.9 Å². The Hall–Kier alpha value is -2.84. The summed E-state index contributed by atoms with van der Waals surface area (Å²) in [5.41, 5.74) is 1.91. The summed E-state index contributed by atoms with van der Waals surface area (Å²) >= 11 is 3.55. The van der Waals surface area contributed by atoms with Gasteiger partial charge in [0.1, 0.15) is 0 Å². The minimum atomic E-state index is -0.0795. The van der Waals surface area contributed by atoms with Gasteiger partial charge in [-0.3, -0.25) is 0 Å². The first-order valence-corrected chi connectivity index (χ1v) is 14.9. The van der Waals surface area contributed by atoms with Crippen LogP contribution in [0, 0.1) is 0 Å². The van der Waals surface area contributed by atoms with Crippen molar-refractivity contribution in [1.29, 1.82) is 0 Å². The fourth-order valence-corrected chi connectivity index (χ4v) is 6.28. The molecule has 4 N–H and O–H groups in total.